The molecule has 1 amide bonds. The van der Waals surface area contributed by atoms with Crippen LogP contribution in [0.15, 0.2) is 84.0 Å². The quantitative estimate of drug-likeness (QED) is 0.395. The van der Waals surface area contributed by atoms with Gasteiger partial charge >= 0.3 is 0 Å². The molecule has 0 saturated carbocycles. The maximum Gasteiger partial charge on any atom is 0.260 e. The SMILES string of the molecule is O=C(Cn1c(Cc2ccccc2)nc2ccccc21)NN=Cc1ccc(O)cc1. The Kier molecular flexibility index (Phi) is 5.33. The Hall–Kier alpha value is -3.93. The molecule has 0 atom stereocenters. The smallest absolute Gasteiger partial charge is 0.260 e. The lowest BCUT2D eigenvalue weighted by molar-refractivity contribution is -0.121. The molecule has 1 aromatic heterocycles. The number of rotatable bonds is 6. The van der Waals surface area contributed by atoms with E-state index in [-0.39, 0.29) is 18.2 Å². The van der Waals surface area contributed by atoms with Gasteiger partial charge in [0.2, 0.25) is 0 Å². The highest BCUT2D eigenvalue weighted by molar-refractivity contribution is 5.84. The number of benzene rings is 3. The molecule has 0 aliphatic carbocycles. The molecule has 0 bridgehead atoms. The van der Waals surface area contributed by atoms with Gasteiger partial charge in [0.05, 0.1) is 17.2 Å². The van der Waals surface area contributed by atoms with Crippen molar-refractivity contribution in [2.45, 2.75) is 13.0 Å². The van der Waals surface area contributed by atoms with Gasteiger partial charge in [0.1, 0.15) is 18.1 Å². The zero-order valence-electron chi connectivity index (χ0n) is 15.7. The fraction of sp³-hybridized carbons (Fsp3) is 0.0870. The fourth-order valence-corrected chi connectivity index (χ4v) is 3.13. The Morgan fingerprint density at radius 1 is 1.00 bits per heavy atom. The van der Waals surface area contributed by atoms with Crippen LogP contribution >= 0.6 is 0 Å². The molecule has 0 aliphatic rings. The fourth-order valence-electron chi connectivity index (χ4n) is 3.13. The van der Waals surface area contributed by atoms with E-state index in [2.05, 4.69) is 10.5 Å². The van der Waals surface area contributed by atoms with Gasteiger partial charge in [-0.05, 0) is 47.5 Å². The third-order valence-corrected chi connectivity index (χ3v) is 4.54. The number of aromatic nitrogens is 2. The topological polar surface area (TPSA) is 79.5 Å². The molecule has 0 fully saturated rings. The van der Waals surface area contributed by atoms with E-state index in [4.69, 9.17) is 4.98 Å². The van der Waals surface area contributed by atoms with E-state index < -0.39 is 0 Å². The molecule has 1 heterocycles. The maximum atomic E-state index is 12.5. The van der Waals surface area contributed by atoms with Gasteiger partial charge in [-0.2, -0.15) is 5.10 Å². The number of aromatic hydroxyl groups is 1. The van der Waals surface area contributed by atoms with Crippen LogP contribution in [0.3, 0.4) is 0 Å². The van der Waals surface area contributed by atoms with Crippen molar-refractivity contribution in [3.05, 3.63) is 95.8 Å². The number of imidazole rings is 1. The molecule has 0 saturated heterocycles. The lowest BCUT2D eigenvalue weighted by atomic mass is 10.1. The molecule has 4 aromatic rings. The average molecular weight is 384 g/mol. The second-order valence-electron chi connectivity index (χ2n) is 6.65. The van der Waals surface area contributed by atoms with Gasteiger partial charge in [-0.1, -0.05) is 42.5 Å². The molecular formula is C23H20N4O2. The maximum absolute atomic E-state index is 12.5. The molecule has 144 valence electrons. The largest absolute Gasteiger partial charge is 0.508 e. The van der Waals surface area contributed by atoms with Crippen molar-refractivity contribution in [2.24, 2.45) is 5.10 Å². The number of fused-ring (bicyclic) bond motifs is 1. The average Bonchev–Trinajstić information content (AvgIpc) is 3.07. The molecule has 2 N–H and O–H groups in total. The van der Waals surface area contributed by atoms with Gasteiger partial charge in [-0.3, -0.25) is 4.79 Å². The zero-order chi connectivity index (χ0) is 20.1. The van der Waals surface area contributed by atoms with Crippen molar-refractivity contribution in [1.29, 1.82) is 0 Å². The molecule has 4 rings (SSSR count). The Morgan fingerprint density at radius 3 is 2.52 bits per heavy atom. The summed E-state index contributed by atoms with van der Waals surface area (Å²) in [6, 6.07) is 24.4. The number of hydrogen-bond acceptors (Lipinski definition) is 4. The van der Waals surface area contributed by atoms with Crippen molar-refractivity contribution < 1.29 is 9.90 Å². The minimum absolute atomic E-state index is 0.121. The van der Waals surface area contributed by atoms with Gasteiger partial charge in [-0.25, -0.2) is 10.4 Å². The summed E-state index contributed by atoms with van der Waals surface area (Å²) < 4.78 is 1.92. The predicted octanol–water partition coefficient (Wildman–Crippen LogP) is 3.48. The summed E-state index contributed by atoms with van der Waals surface area (Å²) in [4.78, 5) is 17.2. The highest BCUT2D eigenvalue weighted by Crippen LogP contribution is 2.18. The van der Waals surface area contributed by atoms with Crippen LogP contribution in [0.5, 0.6) is 5.75 Å². The van der Waals surface area contributed by atoms with Crippen molar-refractivity contribution in [3.63, 3.8) is 0 Å². The van der Waals surface area contributed by atoms with Crippen LogP contribution in [0.1, 0.15) is 17.0 Å². The Labute approximate surface area is 168 Å². The highest BCUT2D eigenvalue weighted by atomic mass is 16.3. The van der Waals surface area contributed by atoms with E-state index in [1.54, 1.807) is 24.3 Å². The summed E-state index contributed by atoms with van der Waals surface area (Å²) in [5.41, 5.74) is 6.25. The molecule has 29 heavy (non-hydrogen) atoms. The Bertz CT molecular complexity index is 1150. The first kappa shape index (κ1) is 18.4. The molecular weight excluding hydrogens is 364 g/mol. The number of amides is 1. The summed E-state index contributed by atoms with van der Waals surface area (Å²) in [5.74, 6) is 0.775. The number of carbonyl (C=O) groups excluding carboxylic acids is 1. The lowest BCUT2D eigenvalue weighted by Crippen LogP contribution is -2.24. The Balaban J connectivity index is 1.52. The van der Waals surface area contributed by atoms with Crippen molar-refractivity contribution >= 4 is 23.2 Å². The first-order valence-corrected chi connectivity index (χ1v) is 9.28. The van der Waals surface area contributed by atoms with E-state index in [1.807, 2.05) is 59.2 Å². The number of para-hydroxylation sites is 2. The number of nitrogens with zero attached hydrogens (tertiary/aromatic N) is 3. The Morgan fingerprint density at radius 2 is 1.72 bits per heavy atom. The molecule has 0 aliphatic heterocycles. The number of nitrogens with one attached hydrogen (secondary N) is 1. The number of phenolic OH excluding ortho intramolecular Hbond substituents is 1. The van der Waals surface area contributed by atoms with Crippen LogP contribution in [0.25, 0.3) is 11.0 Å². The lowest BCUT2D eigenvalue weighted by Gasteiger charge is -2.08. The van der Waals surface area contributed by atoms with Gasteiger partial charge in [-0.15, -0.1) is 0 Å². The van der Waals surface area contributed by atoms with Crippen LogP contribution in [0, 0.1) is 0 Å². The normalized spacial score (nSPS) is 11.2. The van der Waals surface area contributed by atoms with E-state index in [9.17, 15) is 9.90 Å². The summed E-state index contributed by atoms with van der Waals surface area (Å²) >= 11 is 0. The first-order valence-electron chi connectivity index (χ1n) is 9.28. The minimum Gasteiger partial charge on any atom is -0.508 e. The van der Waals surface area contributed by atoms with Crippen LogP contribution in [-0.2, 0) is 17.8 Å². The van der Waals surface area contributed by atoms with Crippen molar-refractivity contribution in [1.82, 2.24) is 15.0 Å². The van der Waals surface area contributed by atoms with Gasteiger partial charge in [0.15, 0.2) is 0 Å². The third kappa shape index (κ3) is 4.50. The molecule has 0 spiro atoms. The van der Waals surface area contributed by atoms with E-state index >= 15 is 0 Å². The molecule has 3 aromatic carbocycles. The van der Waals surface area contributed by atoms with Crippen LogP contribution in [0.2, 0.25) is 0 Å². The van der Waals surface area contributed by atoms with Crippen LogP contribution < -0.4 is 5.43 Å². The standard InChI is InChI=1S/C23H20N4O2/c28-19-12-10-18(11-13-19)15-24-26-23(29)16-27-21-9-5-4-8-20(21)25-22(27)14-17-6-2-1-3-7-17/h1-13,15,28H,14,16H2,(H,26,29). The number of carbonyl (C=O) groups is 1. The monoisotopic (exact) mass is 384 g/mol. The molecule has 6 nitrogen and oxygen atoms in total. The summed E-state index contributed by atoms with van der Waals surface area (Å²) in [7, 11) is 0. The number of hydrazone groups is 1. The second kappa shape index (κ2) is 8.39. The van der Waals surface area contributed by atoms with Gasteiger partial charge < -0.3 is 9.67 Å². The number of hydrogen-bond donors (Lipinski definition) is 2. The predicted molar refractivity (Wildman–Crippen MR) is 113 cm³/mol. The van der Waals surface area contributed by atoms with Gasteiger partial charge in [0.25, 0.3) is 5.91 Å². The highest BCUT2D eigenvalue weighted by Gasteiger charge is 2.13. The second-order valence-corrected chi connectivity index (χ2v) is 6.65. The first-order chi connectivity index (χ1) is 14.2. The molecule has 0 radical (unpaired) electrons. The van der Waals surface area contributed by atoms with E-state index in [0.29, 0.717) is 6.42 Å². The van der Waals surface area contributed by atoms with Crippen LogP contribution in [-0.4, -0.2) is 26.8 Å². The summed E-state index contributed by atoms with van der Waals surface area (Å²) in [6.45, 7) is 0.121. The zero-order valence-corrected chi connectivity index (χ0v) is 15.7. The third-order valence-electron chi connectivity index (χ3n) is 4.54. The summed E-state index contributed by atoms with van der Waals surface area (Å²) in [6.07, 6.45) is 2.17. The van der Waals surface area contributed by atoms with Gasteiger partial charge in [0, 0.05) is 6.42 Å². The number of phenols is 1. The van der Waals surface area contributed by atoms with Crippen molar-refractivity contribution in [2.75, 3.05) is 0 Å². The van der Waals surface area contributed by atoms with Crippen LogP contribution in [0.4, 0.5) is 0 Å². The van der Waals surface area contributed by atoms with Crippen molar-refractivity contribution in [3.8, 4) is 5.75 Å². The summed E-state index contributed by atoms with van der Waals surface area (Å²) in [5, 5.41) is 13.3. The minimum atomic E-state index is -0.238. The molecule has 0 unspecified atom stereocenters. The van der Waals surface area contributed by atoms with E-state index in [0.717, 1.165) is 28.0 Å². The van der Waals surface area contributed by atoms with E-state index in [1.165, 1.54) is 6.21 Å². The molecule has 6 heteroatoms.